The lowest BCUT2D eigenvalue weighted by Crippen LogP contribution is -2.48. The molecule has 1 heterocycles. The molecule has 1 atom stereocenters. The number of rotatable bonds is 10. The molecule has 1 fully saturated rings. The topological polar surface area (TPSA) is 122 Å². The number of carbonyl (C=O) groups is 1. The van der Waals surface area contributed by atoms with Crippen LogP contribution in [0.4, 0.5) is 5.69 Å². The van der Waals surface area contributed by atoms with E-state index in [0.29, 0.717) is 32.1 Å². The van der Waals surface area contributed by atoms with Crippen molar-refractivity contribution in [2.24, 2.45) is 0 Å². The van der Waals surface area contributed by atoms with Crippen LogP contribution in [0.15, 0.2) is 47.4 Å². The second kappa shape index (κ2) is 12.0. The molecular weight excluding hydrogens is 553 g/mol. The fraction of sp³-hybridized carbons (Fsp3) is 0.409. The number of ether oxygens (including phenoxy) is 2. The lowest BCUT2D eigenvalue weighted by atomic mass is 10.2. The first-order chi connectivity index (χ1) is 16.9. The highest BCUT2D eigenvalue weighted by atomic mass is 35.5. The summed E-state index contributed by atoms with van der Waals surface area (Å²) in [6.07, 6.45) is 0.991. The Morgan fingerprint density at radius 3 is 2.31 bits per heavy atom. The van der Waals surface area contributed by atoms with Gasteiger partial charge in [-0.3, -0.25) is 9.10 Å². The summed E-state index contributed by atoms with van der Waals surface area (Å²) >= 11 is 11.9. The number of nitrogens with zero attached hydrogens (tertiary/aromatic N) is 2. The average Bonchev–Trinajstić information content (AvgIpc) is 2.84. The number of hydrogen-bond acceptors (Lipinski definition) is 7. The van der Waals surface area contributed by atoms with Crippen molar-refractivity contribution in [1.29, 1.82) is 0 Å². The van der Waals surface area contributed by atoms with Crippen molar-refractivity contribution in [3.05, 3.63) is 52.5 Å². The zero-order chi connectivity index (χ0) is 26.5. The van der Waals surface area contributed by atoms with Gasteiger partial charge in [0, 0.05) is 13.1 Å². The zero-order valence-electron chi connectivity index (χ0n) is 19.7. The summed E-state index contributed by atoms with van der Waals surface area (Å²) in [6.45, 7) is 2.96. The summed E-state index contributed by atoms with van der Waals surface area (Å²) in [4.78, 5) is 12.8. The number of morpholine rings is 1. The van der Waals surface area contributed by atoms with Crippen LogP contribution in [0.2, 0.25) is 10.0 Å². The summed E-state index contributed by atoms with van der Waals surface area (Å²) in [6, 6.07) is 9.21. The highest BCUT2D eigenvalue weighted by Gasteiger charge is 2.29. The van der Waals surface area contributed by atoms with Crippen molar-refractivity contribution in [3.8, 4) is 5.75 Å². The third kappa shape index (κ3) is 7.02. The molecule has 2 aromatic carbocycles. The van der Waals surface area contributed by atoms with Crippen LogP contribution in [-0.2, 0) is 29.6 Å². The van der Waals surface area contributed by atoms with E-state index in [1.807, 2.05) is 0 Å². The smallest absolute Gasteiger partial charge is 0.243 e. The summed E-state index contributed by atoms with van der Waals surface area (Å²) in [7, 11) is -7.41. The highest BCUT2D eigenvalue weighted by Crippen LogP contribution is 2.29. The first-order valence-corrected chi connectivity index (χ1v) is 15.0. The van der Waals surface area contributed by atoms with Crippen molar-refractivity contribution >= 4 is 54.8 Å². The van der Waals surface area contributed by atoms with Gasteiger partial charge >= 0.3 is 0 Å². The molecule has 0 aromatic heterocycles. The van der Waals surface area contributed by atoms with Gasteiger partial charge in [-0.2, -0.15) is 4.31 Å². The van der Waals surface area contributed by atoms with Gasteiger partial charge < -0.3 is 14.8 Å². The van der Waals surface area contributed by atoms with Gasteiger partial charge in [-0.25, -0.2) is 16.8 Å². The average molecular weight is 581 g/mol. The van der Waals surface area contributed by atoms with E-state index < -0.39 is 32.0 Å². The van der Waals surface area contributed by atoms with E-state index in [1.165, 1.54) is 53.7 Å². The van der Waals surface area contributed by atoms with Gasteiger partial charge in [-0.1, -0.05) is 23.2 Å². The summed E-state index contributed by atoms with van der Waals surface area (Å²) in [5.74, 6) is -0.117. The number of anilines is 1. The summed E-state index contributed by atoms with van der Waals surface area (Å²) in [5, 5.41) is 3.06. The molecule has 1 aliphatic rings. The van der Waals surface area contributed by atoms with E-state index in [9.17, 15) is 21.6 Å². The maximum Gasteiger partial charge on any atom is 0.243 e. The van der Waals surface area contributed by atoms with Crippen molar-refractivity contribution in [1.82, 2.24) is 9.62 Å². The van der Waals surface area contributed by atoms with Crippen molar-refractivity contribution in [2.75, 3.05) is 50.0 Å². The Kier molecular flexibility index (Phi) is 9.47. The monoisotopic (exact) mass is 579 g/mol. The van der Waals surface area contributed by atoms with Gasteiger partial charge in [0.05, 0.1) is 46.6 Å². The maximum atomic E-state index is 12.7. The predicted molar refractivity (Wildman–Crippen MR) is 138 cm³/mol. The van der Waals surface area contributed by atoms with Gasteiger partial charge in [-0.05, 0) is 49.4 Å². The molecule has 36 heavy (non-hydrogen) atoms. The summed E-state index contributed by atoms with van der Waals surface area (Å²) in [5.41, 5.74) is 0.206. The van der Waals surface area contributed by atoms with Gasteiger partial charge in [0.25, 0.3) is 0 Å². The van der Waals surface area contributed by atoms with Crippen LogP contribution in [0, 0.1) is 0 Å². The van der Waals surface area contributed by atoms with Crippen LogP contribution >= 0.6 is 23.2 Å². The standard InChI is InChI=1S/C22H27Cl2N3O7S2/c1-16(27(35(2,29)30)17-3-8-20(23)21(24)15-17)22(28)25-9-12-34-18-4-6-19(7-5-18)36(31,32)26-10-13-33-14-11-26/h3-8,15-16H,9-14H2,1-2H3,(H,25,28)/t16-/m1/s1. The van der Waals surface area contributed by atoms with E-state index in [0.717, 1.165) is 10.6 Å². The lowest BCUT2D eigenvalue weighted by molar-refractivity contribution is -0.121. The molecule has 0 radical (unpaired) electrons. The Morgan fingerprint density at radius 2 is 1.72 bits per heavy atom. The SMILES string of the molecule is C[C@H](C(=O)NCCOc1ccc(S(=O)(=O)N2CCOCC2)cc1)N(c1ccc(Cl)c(Cl)c1)S(C)(=O)=O. The number of benzene rings is 2. The van der Waals surface area contributed by atoms with Crippen LogP contribution in [-0.4, -0.2) is 78.8 Å². The third-order valence-electron chi connectivity index (χ3n) is 5.35. The van der Waals surface area contributed by atoms with Crippen LogP contribution in [0.25, 0.3) is 0 Å². The molecule has 14 heteroatoms. The number of nitrogens with one attached hydrogen (secondary N) is 1. The van der Waals surface area contributed by atoms with E-state index in [2.05, 4.69) is 5.32 Å². The Hall–Kier alpha value is -2.09. The van der Waals surface area contributed by atoms with Crippen molar-refractivity contribution < 1.29 is 31.1 Å². The fourth-order valence-corrected chi connectivity index (χ4v) is 6.43. The van der Waals surface area contributed by atoms with Crippen LogP contribution in [0.3, 0.4) is 0 Å². The second-order valence-corrected chi connectivity index (χ2v) is 12.6. The molecule has 0 aliphatic carbocycles. The zero-order valence-corrected chi connectivity index (χ0v) is 22.8. The summed E-state index contributed by atoms with van der Waals surface area (Å²) < 4.78 is 63.2. The number of amides is 1. The molecule has 0 bridgehead atoms. The van der Waals surface area contributed by atoms with Crippen LogP contribution in [0.1, 0.15) is 6.92 Å². The molecule has 2 aromatic rings. The molecule has 198 valence electrons. The van der Waals surface area contributed by atoms with Gasteiger partial charge in [0.15, 0.2) is 0 Å². The normalized spacial score (nSPS) is 15.8. The largest absolute Gasteiger partial charge is 0.492 e. The molecule has 10 nitrogen and oxygen atoms in total. The first kappa shape index (κ1) is 28.5. The molecule has 1 N–H and O–H groups in total. The quantitative estimate of drug-likeness (QED) is 0.428. The minimum absolute atomic E-state index is 0.0830. The van der Waals surface area contributed by atoms with Gasteiger partial charge in [0.1, 0.15) is 18.4 Å². The van der Waals surface area contributed by atoms with E-state index in [1.54, 1.807) is 0 Å². The Morgan fingerprint density at radius 1 is 1.08 bits per heavy atom. The van der Waals surface area contributed by atoms with Crippen LogP contribution in [0.5, 0.6) is 5.75 Å². The number of sulfonamides is 2. The molecule has 1 amide bonds. The highest BCUT2D eigenvalue weighted by molar-refractivity contribution is 7.92. The lowest BCUT2D eigenvalue weighted by Gasteiger charge is -2.28. The minimum Gasteiger partial charge on any atom is -0.492 e. The van der Waals surface area contributed by atoms with E-state index in [-0.39, 0.29) is 33.8 Å². The van der Waals surface area contributed by atoms with Crippen LogP contribution < -0.4 is 14.4 Å². The second-order valence-electron chi connectivity index (χ2n) is 7.96. The first-order valence-electron chi connectivity index (χ1n) is 10.9. The Balaban J connectivity index is 1.55. The predicted octanol–water partition coefficient (Wildman–Crippen LogP) is 2.36. The van der Waals surface area contributed by atoms with E-state index >= 15 is 0 Å². The molecule has 0 unspecified atom stereocenters. The molecule has 0 saturated carbocycles. The number of hydrogen-bond donors (Lipinski definition) is 1. The number of halogens is 2. The van der Waals surface area contributed by atoms with Gasteiger partial charge in [0.2, 0.25) is 26.0 Å². The van der Waals surface area contributed by atoms with E-state index in [4.69, 9.17) is 32.7 Å². The molecule has 3 rings (SSSR count). The number of carbonyl (C=O) groups excluding carboxylic acids is 1. The molecular formula is C22H27Cl2N3O7S2. The van der Waals surface area contributed by atoms with Crippen molar-refractivity contribution in [2.45, 2.75) is 17.9 Å². The Labute approximate surface area is 221 Å². The van der Waals surface area contributed by atoms with Crippen molar-refractivity contribution in [3.63, 3.8) is 0 Å². The third-order valence-corrected chi connectivity index (χ3v) is 9.24. The maximum absolute atomic E-state index is 12.7. The van der Waals surface area contributed by atoms with Gasteiger partial charge in [-0.15, -0.1) is 0 Å². The Bertz CT molecular complexity index is 1280. The molecule has 0 spiro atoms. The molecule has 1 saturated heterocycles. The molecule has 1 aliphatic heterocycles. The fourth-order valence-electron chi connectivity index (χ4n) is 3.57. The minimum atomic E-state index is -3.81.